The number of rotatable bonds is 10. The lowest BCUT2D eigenvalue weighted by Gasteiger charge is -2.14. The van der Waals surface area contributed by atoms with E-state index in [9.17, 15) is 19.2 Å². The maximum absolute atomic E-state index is 12.3. The Morgan fingerprint density at radius 1 is 0.794 bits per heavy atom. The highest BCUT2D eigenvalue weighted by Gasteiger charge is 2.21. The van der Waals surface area contributed by atoms with Crippen LogP contribution in [0.2, 0.25) is 0 Å². The van der Waals surface area contributed by atoms with Gasteiger partial charge in [0.05, 0.1) is 19.9 Å². The molecule has 0 atom stereocenters. The van der Waals surface area contributed by atoms with E-state index in [1.807, 2.05) is 0 Å². The van der Waals surface area contributed by atoms with Gasteiger partial charge >= 0.3 is 24.2 Å². The normalized spacial score (nSPS) is 9.97. The van der Waals surface area contributed by atoms with E-state index in [1.165, 1.54) is 32.4 Å². The number of alkyl halides is 1. The Kier molecular flexibility index (Phi) is 10.6. The summed E-state index contributed by atoms with van der Waals surface area (Å²) in [7, 11) is 2.38. The van der Waals surface area contributed by atoms with Crippen LogP contribution in [-0.2, 0) is 18.9 Å². The van der Waals surface area contributed by atoms with Crippen molar-refractivity contribution in [3.8, 4) is 11.5 Å². The van der Waals surface area contributed by atoms with Crippen LogP contribution in [0.1, 0.15) is 20.7 Å². The minimum absolute atomic E-state index is 0.0167. The summed E-state index contributed by atoms with van der Waals surface area (Å²) < 4.78 is 29.4. The highest BCUT2D eigenvalue weighted by molar-refractivity contribution is 9.09. The molecule has 0 spiro atoms. The van der Waals surface area contributed by atoms with Gasteiger partial charge in [-0.3, -0.25) is 0 Å². The van der Waals surface area contributed by atoms with Crippen LogP contribution >= 0.6 is 15.9 Å². The molecule has 0 amide bonds. The molecule has 0 unspecified atom stereocenters. The molecule has 12 heteroatoms. The molecule has 2 aromatic carbocycles. The van der Waals surface area contributed by atoms with Gasteiger partial charge in [0.1, 0.15) is 30.1 Å². The molecule has 0 fully saturated rings. The zero-order chi connectivity index (χ0) is 24.9. The van der Waals surface area contributed by atoms with Gasteiger partial charge in [-0.15, -0.1) is 0 Å². The van der Waals surface area contributed by atoms with E-state index in [4.69, 9.17) is 23.7 Å². The summed E-state index contributed by atoms with van der Waals surface area (Å²) in [4.78, 5) is 47.8. The molecule has 34 heavy (non-hydrogen) atoms. The molecule has 0 saturated heterocycles. The Hall–Kier alpha value is -3.80. The molecular formula is C22H22BrNO10. The molecule has 0 aromatic heterocycles. The van der Waals surface area contributed by atoms with E-state index < -0.39 is 24.2 Å². The molecule has 2 aromatic rings. The number of benzene rings is 2. The van der Waals surface area contributed by atoms with Gasteiger partial charge in [-0.25, -0.2) is 19.2 Å². The van der Waals surface area contributed by atoms with Crippen molar-refractivity contribution in [2.24, 2.45) is 0 Å². The number of nitrogens with one attached hydrogen (secondary N) is 1. The Balaban J connectivity index is 1.98. The zero-order valence-electron chi connectivity index (χ0n) is 18.3. The zero-order valence-corrected chi connectivity index (χ0v) is 19.9. The number of para-hydroxylation sites is 1. The van der Waals surface area contributed by atoms with Gasteiger partial charge in [0.2, 0.25) is 0 Å². The smallest absolute Gasteiger partial charge is 0.465 e. The number of carbonyl (C=O) groups is 4. The predicted molar refractivity (Wildman–Crippen MR) is 122 cm³/mol. The molecule has 0 aliphatic rings. The Labute approximate surface area is 203 Å². The third-order valence-corrected chi connectivity index (χ3v) is 4.35. The first kappa shape index (κ1) is 26.5. The molecule has 0 saturated carbocycles. The Bertz CT molecular complexity index is 1030. The summed E-state index contributed by atoms with van der Waals surface area (Å²) in [5, 5.41) is 3.32. The van der Waals surface area contributed by atoms with Gasteiger partial charge < -0.3 is 33.7 Å². The van der Waals surface area contributed by atoms with Crippen molar-refractivity contribution < 1.29 is 47.6 Å². The molecule has 1 N–H and O–H groups in total. The largest absolute Gasteiger partial charge is 0.513 e. The lowest BCUT2D eigenvalue weighted by atomic mass is 10.1. The molecule has 0 aliphatic carbocycles. The fourth-order valence-corrected chi connectivity index (χ4v) is 2.75. The summed E-state index contributed by atoms with van der Waals surface area (Å²) >= 11 is 3.12. The van der Waals surface area contributed by atoms with Crippen molar-refractivity contribution in [3.05, 3.63) is 53.6 Å². The second-order valence-corrected chi connectivity index (χ2v) is 6.97. The van der Waals surface area contributed by atoms with Crippen molar-refractivity contribution in [3.63, 3.8) is 0 Å². The fraction of sp³-hybridized carbons (Fsp3) is 0.273. The van der Waals surface area contributed by atoms with Crippen molar-refractivity contribution in [1.29, 1.82) is 0 Å². The first-order valence-electron chi connectivity index (χ1n) is 9.79. The minimum Gasteiger partial charge on any atom is -0.465 e. The van der Waals surface area contributed by atoms with E-state index >= 15 is 0 Å². The van der Waals surface area contributed by atoms with Crippen LogP contribution < -0.4 is 14.8 Å². The van der Waals surface area contributed by atoms with E-state index in [0.717, 1.165) is 0 Å². The third-order valence-electron chi connectivity index (χ3n) is 4.03. The van der Waals surface area contributed by atoms with Gasteiger partial charge in [0.25, 0.3) is 0 Å². The fourth-order valence-electron chi connectivity index (χ4n) is 2.59. The first-order chi connectivity index (χ1) is 16.4. The second kappa shape index (κ2) is 13.7. The molecule has 11 nitrogen and oxygen atoms in total. The predicted octanol–water partition coefficient (Wildman–Crippen LogP) is 3.80. The van der Waals surface area contributed by atoms with Crippen LogP contribution in [0, 0.1) is 0 Å². The molecule has 0 bridgehead atoms. The van der Waals surface area contributed by atoms with E-state index in [0.29, 0.717) is 5.33 Å². The second-order valence-electron chi connectivity index (χ2n) is 6.17. The summed E-state index contributed by atoms with van der Waals surface area (Å²) in [5.74, 6) is -1.52. The van der Waals surface area contributed by atoms with Crippen molar-refractivity contribution in [2.45, 2.75) is 0 Å². The number of hydrogen-bond donors (Lipinski definition) is 1. The van der Waals surface area contributed by atoms with Crippen LogP contribution in [0.25, 0.3) is 0 Å². The van der Waals surface area contributed by atoms with Crippen molar-refractivity contribution >= 4 is 45.9 Å². The lowest BCUT2D eigenvalue weighted by Crippen LogP contribution is -2.19. The van der Waals surface area contributed by atoms with Gasteiger partial charge in [0, 0.05) is 11.9 Å². The standard InChI is InChI=1S/C22H22BrNO10/c1-29-19(25)14-6-3-4-8-16(14)33-22(28)32-13-11-24-15-7-5-9-17(18(15)20(26)30-2)34-21(27)31-12-10-23/h3-9,24H,10-13H2,1-2H3. The molecule has 0 radical (unpaired) electrons. The average molecular weight is 540 g/mol. The Morgan fingerprint density at radius 3 is 2.09 bits per heavy atom. The number of hydrogen-bond acceptors (Lipinski definition) is 11. The Morgan fingerprint density at radius 2 is 1.41 bits per heavy atom. The quantitative estimate of drug-likeness (QED) is 0.155. The van der Waals surface area contributed by atoms with Crippen molar-refractivity contribution in [2.75, 3.05) is 44.6 Å². The van der Waals surface area contributed by atoms with E-state index in [1.54, 1.807) is 24.3 Å². The number of esters is 2. The monoisotopic (exact) mass is 539 g/mol. The van der Waals surface area contributed by atoms with Gasteiger partial charge in [0.15, 0.2) is 5.75 Å². The topological polar surface area (TPSA) is 136 Å². The third kappa shape index (κ3) is 7.66. The number of ether oxygens (including phenoxy) is 6. The highest BCUT2D eigenvalue weighted by Crippen LogP contribution is 2.28. The average Bonchev–Trinajstić information content (AvgIpc) is 2.84. The van der Waals surface area contributed by atoms with Gasteiger partial charge in [-0.1, -0.05) is 34.1 Å². The number of carbonyl (C=O) groups excluding carboxylic acids is 4. The number of halogens is 1. The van der Waals surface area contributed by atoms with Crippen LogP contribution in [-0.4, -0.2) is 63.6 Å². The van der Waals surface area contributed by atoms with E-state index in [2.05, 4.69) is 26.0 Å². The van der Waals surface area contributed by atoms with E-state index in [-0.39, 0.29) is 48.1 Å². The molecular weight excluding hydrogens is 518 g/mol. The summed E-state index contributed by atoms with van der Waals surface area (Å²) in [6, 6.07) is 10.5. The first-order valence-corrected chi connectivity index (χ1v) is 10.9. The maximum atomic E-state index is 12.3. The molecule has 0 aliphatic heterocycles. The highest BCUT2D eigenvalue weighted by atomic mass is 79.9. The van der Waals surface area contributed by atoms with Crippen LogP contribution in [0.3, 0.4) is 0 Å². The summed E-state index contributed by atoms with van der Waals surface area (Å²) in [6.45, 7) is -0.00465. The SMILES string of the molecule is COC(=O)c1ccccc1OC(=O)OCCNc1cccc(OC(=O)OCCBr)c1C(=O)OC. The van der Waals surface area contributed by atoms with Crippen LogP contribution in [0.15, 0.2) is 42.5 Å². The molecule has 0 heterocycles. The summed E-state index contributed by atoms with van der Waals surface area (Å²) in [5.41, 5.74) is 0.287. The van der Waals surface area contributed by atoms with Gasteiger partial charge in [-0.2, -0.15) is 0 Å². The lowest BCUT2D eigenvalue weighted by molar-refractivity contribution is 0.0583. The van der Waals surface area contributed by atoms with Gasteiger partial charge in [-0.05, 0) is 24.3 Å². The molecule has 2 rings (SSSR count). The van der Waals surface area contributed by atoms with Crippen LogP contribution in [0.5, 0.6) is 11.5 Å². The summed E-state index contributed by atoms with van der Waals surface area (Å²) in [6.07, 6.45) is -2.03. The minimum atomic E-state index is -1.04. The molecule has 182 valence electrons. The van der Waals surface area contributed by atoms with Crippen LogP contribution in [0.4, 0.5) is 15.3 Å². The number of methoxy groups -OCH3 is 2. The van der Waals surface area contributed by atoms with Crippen molar-refractivity contribution in [1.82, 2.24) is 0 Å². The maximum Gasteiger partial charge on any atom is 0.513 e. The number of anilines is 1.